The van der Waals surface area contributed by atoms with E-state index in [-0.39, 0.29) is 0 Å². The molecule has 1 aromatic heterocycles. The molecule has 1 aromatic rings. The lowest BCUT2D eigenvalue weighted by atomic mass is 10.2. The molecule has 13 heavy (non-hydrogen) atoms. The molecule has 1 rings (SSSR count). The smallest absolute Gasteiger partial charge is 0.214 e. The Balaban J connectivity index is 3.29. The van der Waals surface area contributed by atoms with Gasteiger partial charge in [0.2, 0.25) is 10.0 Å². The van der Waals surface area contributed by atoms with Gasteiger partial charge in [-0.2, -0.15) is 0 Å². The maximum atomic E-state index is 11.5. The molecule has 0 aliphatic heterocycles. The van der Waals surface area contributed by atoms with Gasteiger partial charge < -0.3 is 0 Å². The molecule has 3 nitrogen and oxygen atoms in total. The average Bonchev–Trinajstić information content (AvgIpc) is 2.47. The monoisotopic (exact) mass is 219 g/mol. The molecule has 0 unspecified atom stereocenters. The van der Waals surface area contributed by atoms with Crippen LogP contribution in [0.15, 0.2) is 10.3 Å². The highest BCUT2D eigenvalue weighted by molar-refractivity contribution is 7.91. The van der Waals surface area contributed by atoms with Crippen molar-refractivity contribution in [3.05, 3.63) is 16.5 Å². The summed E-state index contributed by atoms with van der Waals surface area (Å²) < 4.78 is 25.8. The summed E-state index contributed by atoms with van der Waals surface area (Å²) in [5.74, 6) is 0. The number of hydrogen-bond donors (Lipinski definition) is 1. The number of nitrogens with one attached hydrogen (secondary N) is 1. The third-order valence-electron chi connectivity index (χ3n) is 1.79. The first-order valence-corrected chi connectivity index (χ1v) is 6.34. The van der Waals surface area contributed by atoms with Crippen LogP contribution in [0.3, 0.4) is 0 Å². The fourth-order valence-corrected chi connectivity index (χ4v) is 3.76. The lowest BCUT2D eigenvalue weighted by Crippen LogP contribution is -2.18. The number of thiophene rings is 1. The van der Waals surface area contributed by atoms with Crippen molar-refractivity contribution in [1.82, 2.24) is 4.72 Å². The third kappa shape index (κ3) is 2.10. The topological polar surface area (TPSA) is 46.2 Å². The zero-order valence-corrected chi connectivity index (χ0v) is 9.55. The molecule has 74 valence electrons. The molecule has 1 N–H and O–H groups in total. The Morgan fingerprint density at radius 1 is 1.54 bits per heavy atom. The number of rotatable bonds is 3. The molecule has 0 saturated carbocycles. The molecular weight excluding hydrogens is 206 g/mol. The van der Waals surface area contributed by atoms with Crippen molar-refractivity contribution in [3.63, 3.8) is 0 Å². The van der Waals surface area contributed by atoms with E-state index in [2.05, 4.69) is 4.72 Å². The Bertz CT molecular complexity index is 392. The number of aryl methyl sites for hydroxylation is 2. The second-order valence-corrected chi connectivity index (χ2v) is 6.07. The molecule has 1 heterocycles. The van der Waals surface area contributed by atoms with Gasteiger partial charge in [-0.1, -0.05) is 6.92 Å². The minimum atomic E-state index is -3.25. The molecule has 0 radical (unpaired) electrons. The molecule has 0 bridgehead atoms. The largest absolute Gasteiger partial charge is 0.250 e. The Morgan fingerprint density at radius 2 is 2.15 bits per heavy atom. The summed E-state index contributed by atoms with van der Waals surface area (Å²) in [6.45, 7) is 3.87. The van der Waals surface area contributed by atoms with E-state index in [9.17, 15) is 8.42 Å². The van der Waals surface area contributed by atoms with Gasteiger partial charge in [0.15, 0.2) is 0 Å². The quantitative estimate of drug-likeness (QED) is 0.838. The van der Waals surface area contributed by atoms with Crippen LogP contribution in [0.2, 0.25) is 0 Å². The van der Waals surface area contributed by atoms with E-state index in [1.807, 2.05) is 19.9 Å². The van der Waals surface area contributed by atoms with E-state index in [0.29, 0.717) is 4.21 Å². The van der Waals surface area contributed by atoms with Crippen LogP contribution in [0, 0.1) is 6.92 Å². The van der Waals surface area contributed by atoms with Crippen LogP contribution in [0.25, 0.3) is 0 Å². The summed E-state index contributed by atoms with van der Waals surface area (Å²) in [6, 6.07) is 1.93. The Kier molecular flexibility index (Phi) is 3.10. The van der Waals surface area contributed by atoms with Crippen LogP contribution < -0.4 is 4.72 Å². The van der Waals surface area contributed by atoms with Gasteiger partial charge in [-0.3, -0.25) is 0 Å². The van der Waals surface area contributed by atoms with Gasteiger partial charge >= 0.3 is 0 Å². The van der Waals surface area contributed by atoms with Gasteiger partial charge in [0.1, 0.15) is 4.21 Å². The fraction of sp³-hybridized carbons (Fsp3) is 0.500. The van der Waals surface area contributed by atoms with Crippen LogP contribution >= 0.6 is 11.3 Å². The Labute approximate surface area is 82.8 Å². The fourth-order valence-electron chi connectivity index (χ4n) is 1.11. The molecular formula is C8H13NO2S2. The van der Waals surface area contributed by atoms with Crippen molar-refractivity contribution in [3.8, 4) is 0 Å². The van der Waals surface area contributed by atoms with Crippen LogP contribution in [-0.2, 0) is 16.4 Å². The SMILES string of the molecule is CCc1cc(C)sc1S(=O)(=O)NC. The maximum absolute atomic E-state index is 11.5. The predicted octanol–water partition coefficient (Wildman–Crippen LogP) is 1.53. The molecule has 0 spiro atoms. The summed E-state index contributed by atoms with van der Waals surface area (Å²) in [5, 5.41) is 0. The van der Waals surface area contributed by atoms with Gasteiger partial charge in [-0.05, 0) is 32.0 Å². The molecule has 0 aromatic carbocycles. The van der Waals surface area contributed by atoms with E-state index >= 15 is 0 Å². The van der Waals surface area contributed by atoms with Gasteiger partial charge in [0.25, 0.3) is 0 Å². The third-order valence-corrected chi connectivity index (χ3v) is 4.87. The second-order valence-electron chi connectivity index (χ2n) is 2.73. The molecule has 0 amide bonds. The maximum Gasteiger partial charge on any atom is 0.250 e. The van der Waals surface area contributed by atoms with Crippen molar-refractivity contribution in [2.75, 3.05) is 7.05 Å². The van der Waals surface area contributed by atoms with Gasteiger partial charge in [0, 0.05) is 4.88 Å². The Morgan fingerprint density at radius 3 is 2.62 bits per heavy atom. The summed E-state index contributed by atoms with van der Waals surface area (Å²) in [7, 11) is -1.82. The van der Waals surface area contributed by atoms with Crippen molar-refractivity contribution in [2.45, 2.75) is 24.5 Å². The first-order chi connectivity index (χ1) is 6.01. The van der Waals surface area contributed by atoms with Gasteiger partial charge in [-0.15, -0.1) is 11.3 Å². The van der Waals surface area contributed by atoms with Crippen molar-refractivity contribution in [1.29, 1.82) is 0 Å². The minimum Gasteiger partial charge on any atom is -0.214 e. The normalized spacial score (nSPS) is 11.9. The zero-order valence-electron chi connectivity index (χ0n) is 7.92. The Hall–Kier alpha value is -0.390. The molecule has 0 fully saturated rings. The first-order valence-electron chi connectivity index (χ1n) is 4.04. The summed E-state index contributed by atoms with van der Waals surface area (Å²) >= 11 is 1.32. The van der Waals surface area contributed by atoms with Crippen molar-refractivity contribution in [2.24, 2.45) is 0 Å². The van der Waals surface area contributed by atoms with Crippen LogP contribution in [0.4, 0.5) is 0 Å². The van der Waals surface area contributed by atoms with E-state index in [0.717, 1.165) is 16.9 Å². The predicted molar refractivity (Wildman–Crippen MR) is 54.7 cm³/mol. The summed E-state index contributed by atoms with van der Waals surface area (Å²) in [6.07, 6.45) is 0.751. The minimum absolute atomic E-state index is 0.454. The molecule has 0 saturated heterocycles. The average molecular weight is 219 g/mol. The lowest BCUT2D eigenvalue weighted by Gasteiger charge is -2.00. The van der Waals surface area contributed by atoms with Crippen LogP contribution in [0.5, 0.6) is 0 Å². The summed E-state index contributed by atoms with van der Waals surface area (Å²) in [4.78, 5) is 1.03. The molecule has 0 atom stereocenters. The highest BCUT2D eigenvalue weighted by Crippen LogP contribution is 2.26. The molecule has 0 aliphatic rings. The number of sulfonamides is 1. The van der Waals surface area contributed by atoms with Gasteiger partial charge in [-0.25, -0.2) is 13.1 Å². The van der Waals surface area contributed by atoms with E-state index in [1.165, 1.54) is 18.4 Å². The standard InChI is InChI=1S/C8H13NO2S2/c1-4-7-5-6(2)12-8(7)13(10,11)9-3/h5,9H,4H2,1-3H3. The second kappa shape index (κ2) is 3.77. The highest BCUT2D eigenvalue weighted by atomic mass is 32.2. The van der Waals surface area contributed by atoms with Crippen LogP contribution in [0.1, 0.15) is 17.4 Å². The van der Waals surface area contributed by atoms with E-state index < -0.39 is 10.0 Å². The van der Waals surface area contributed by atoms with Crippen molar-refractivity contribution < 1.29 is 8.42 Å². The van der Waals surface area contributed by atoms with Gasteiger partial charge in [0.05, 0.1) is 0 Å². The highest BCUT2D eigenvalue weighted by Gasteiger charge is 2.18. The lowest BCUT2D eigenvalue weighted by molar-refractivity contribution is 0.589. The molecule has 0 aliphatic carbocycles. The first kappa shape index (κ1) is 10.7. The van der Waals surface area contributed by atoms with Crippen LogP contribution in [-0.4, -0.2) is 15.5 Å². The van der Waals surface area contributed by atoms with E-state index in [4.69, 9.17) is 0 Å². The number of hydrogen-bond acceptors (Lipinski definition) is 3. The zero-order chi connectivity index (χ0) is 10.1. The molecule has 5 heteroatoms. The summed E-state index contributed by atoms with van der Waals surface area (Å²) in [5.41, 5.74) is 0.900. The van der Waals surface area contributed by atoms with E-state index in [1.54, 1.807) is 0 Å². The van der Waals surface area contributed by atoms with Crippen molar-refractivity contribution >= 4 is 21.4 Å².